The number of nitrogens with zero attached hydrogens (tertiary/aromatic N) is 2. The first-order valence-corrected chi connectivity index (χ1v) is 8.41. The van der Waals surface area contributed by atoms with Crippen LogP contribution in [0.3, 0.4) is 0 Å². The van der Waals surface area contributed by atoms with Gasteiger partial charge in [0.2, 0.25) is 0 Å². The van der Waals surface area contributed by atoms with Gasteiger partial charge in [-0.05, 0) is 40.0 Å². The minimum absolute atomic E-state index is 0.0711. The number of nitrogens with one attached hydrogen (secondary N) is 1. The van der Waals surface area contributed by atoms with Crippen molar-refractivity contribution in [2.75, 3.05) is 6.54 Å². The van der Waals surface area contributed by atoms with E-state index in [0.29, 0.717) is 28.2 Å². The summed E-state index contributed by atoms with van der Waals surface area (Å²) in [5.41, 5.74) is 1.23. The lowest BCUT2D eigenvalue weighted by molar-refractivity contribution is -0.383. The van der Waals surface area contributed by atoms with Crippen molar-refractivity contribution in [3.05, 3.63) is 80.6 Å². The third kappa shape index (κ3) is 3.66. The Morgan fingerprint density at radius 3 is 2.60 bits per heavy atom. The van der Waals surface area contributed by atoms with Gasteiger partial charge in [-0.15, -0.1) is 0 Å². The largest absolute Gasteiger partial charge is 0.350 e. The molecule has 0 radical (unpaired) electrons. The molecule has 1 heterocycles. The van der Waals surface area contributed by atoms with E-state index in [-0.39, 0.29) is 17.3 Å². The Kier molecular flexibility index (Phi) is 5.04. The molecule has 0 bridgehead atoms. The molecular formula is C18H14BrN3O3. The van der Waals surface area contributed by atoms with Gasteiger partial charge in [0.1, 0.15) is 5.69 Å². The summed E-state index contributed by atoms with van der Waals surface area (Å²) in [6, 6.07) is 14.6. The van der Waals surface area contributed by atoms with E-state index in [4.69, 9.17) is 0 Å². The van der Waals surface area contributed by atoms with E-state index in [0.717, 1.165) is 5.56 Å². The highest BCUT2D eigenvalue weighted by Crippen LogP contribution is 2.34. The fraction of sp³-hybridized carbons (Fsp3) is 0.111. The molecule has 7 heteroatoms. The third-order valence-electron chi connectivity index (χ3n) is 3.81. The van der Waals surface area contributed by atoms with Crippen LogP contribution in [0.5, 0.6) is 0 Å². The van der Waals surface area contributed by atoms with Gasteiger partial charge in [0.15, 0.2) is 0 Å². The second-order valence-electron chi connectivity index (χ2n) is 5.40. The molecule has 3 aromatic rings. The molecule has 0 aliphatic carbocycles. The molecule has 2 aromatic carbocycles. The first kappa shape index (κ1) is 17.0. The second-order valence-corrected chi connectivity index (χ2v) is 6.25. The molecular weight excluding hydrogens is 386 g/mol. The van der Waals surface area contributed by atoms with Gasteiger partial charge in [0, 0.05) is 18.1 Å². The van der Waals surface area contributed by atoms with E-state index >= 15 is 0 Å². The lowest BCUT2D eigenvalue weighted by Gasteiger charge is -2.08. The normalized spacial score (nSPS) is 10.6. The predicted molar refractivity (Wildman–Crippen MR) is 98.6 cm³/mol. The first-order chi connectivity index (χ1) is 12.1. The molecule has 0 aliphatic heterocycles. The van der Waals surface area contributed by atoms with Crippen molar-refractivity contribution in [1.82, 2.24) is 10.3 Å². The Morgan fingerprint density at radius 2 is 1.88 bits per heavy atom. The summed E-state index contributed by atoms with van der Waals surface area (Å²) in [5.74, 6) is -0.349. The van der Waals surface area contributed by atoms with Crippen molar-refractivity contribution in [2.45, 2.75) is 6.42 Å². The van der Waals surface area contributed by atoms with Crippen molar-refractivity contribution in [2.24, 2.45) is 0 Å². The number of hydrogen-bond acceptors (Lipinski definition) is 4. The van der Waals surface area contributed by atoms with E-state index < -0.39 is 4.92 Å². The van der Waals surface area contributed by atoms with E-state index in [2.05, 4.69) is 26.2 Å². The molecule has 3 rings (SSSR count). The zero-order valence-corrected chi connectivity index (χ0v) is 14.7. The maximum absolute atomic E-state index is 12.5. The molecule has 0 unspecified atom stereocenters. The molecule has 0 spiro atoms. The molecule has 1 N–H and O–H groups in total. The predicted octanol–water partition coefficient (Wildman–Crippen LogP) is 3.88. The average Bonchev–Trinajstić information content (AvgIpc) is 2.61. The molecule has 6 nitrogen and oxygen atoms in total. The standard InChI is InChI=1S/C18H14BrN3O3/c19-15-7-6-13-14(17(15)22(24)25)9-11-20-16(13)18(23)21-10-8-12-4-2-1-3-5-12/h1-7,9,11H,8,10H2,(H,21,23). The van der Waals surface area contributed by atoms with Gasteiger partial charge in [-0.1, -0.05) is 36.4 Å². The average molecular weight is 400 g/mol. The van der Waals surface area contributed by atoms with Crippen molar-refractivity contribution < 1.29 is 9.72 Å². The molecule has 0 atom stereocenters. The molecule has 25 heavy (non-hydrogen) atoms. The summed E-state index contributed by atoms with van der Waals surface area (Å²) in [6.45, 7) is 0.458. The minimum atomic E-state index is -0.469. The number of hydrogen-bond donors (Lipinski definition) is 1. The number of nitro benzene ring substituents is 1. The lowest BCUT2D eigenvalue weighted by atomic mass is 10.1. The number of fused-ring (bicyclic) bond motifs is 1. The summed E-state index contributed by atoms with van der Waals surface area (Å²) in [7, 11) is 0. The summed E-state index contributed by atoms with van der Waals surface area (Å²) in [6.07, 6.45) is 2.11. The van der Waals surface area contributed by atoms with E-state index in [1.807, 2.05) is 30.3 Å². The SMILES string of the molecule is O=C(NCCc1ccccc1)c1nccc2c([N+](=O)[O-])c(Br)ccc12. The summed E-state index contributed by atoms with van der Waals surface area (Å²) in [5, 5.41) is 15.0. The van der Waals surface area contributed by atoms with Crippen LogP contribution in [0.25, 0.3) is 10.8 Å². The van der Waals surface area contributed by atoms with Gasteiger partial charge >= 0.3 is 0 Å². The van der Waals surface area contributed by atoms with Crippen LogP contribution in [0.15, 0.2) is 59.2 Å². The summed E-state index contributed by atoms with van der Waals surface area (Å²) in [4.78, 5) is 27.4. The maximum atomic E-state index is 12.5. The number of rotatable bonds is 5. The van der Waals surface area contributed by atoms with Gasteiger partial charge in [-0.2, -0.15) is 0 Å². The molecule has 1 amide bonds. The van der Waals surface area contributed by atoms with Crippen LogP contribution < -0.4 is 5.32 Å². The fourth-order valence-electron chi connectivity index (χ4n) is 2.63. The molecule has 0 saturated heterocycles. The van der Waals surface area contributed by atoms with Crippen LogP contribution >= 0.6 is 15.9 Å². The highest BCUT2D eigenvalue weighted by atomic mass is 79.9. The smallest absolute Gasteiger partial charge is 0.291 e. The molecule has 0 aliphatic rings. The first-order valence-electron chi connectivity index (χ1n) is 7.61. The zero-order valence-electron chi connectivity index (χ0n) is 13.1. The molecule has 0 saturated carbocycles. The number of halogens is 1. The summed E-state index contributed by atoms with van der Waals surface area (Å²) >= 11 is 3.18. The van der Waals surface area contributed by atoms with Crippen LogP contribution in [0.1, 0.15) is 16.1 Å². The Hall–Kier alpha value is -2.80. The second kappa shape index (κ2) is 7.40. The number of amides is 1. The number of carbonyl (C=O) groups excluding carboxylic acids is 1. The van der Waals surface area contributed by atoms with Gasteiger partial charge in [0.05, 0.1) is 14.8 Å². The quantitative estimate of drug-likeness (QED) is 0.520. The van der Waals surface area contributed by atoms with E-state index in [1.165, 1.54) is 6.20 Å². The van der Waals surface area contributed by atoms with Crippen LogP contribution in [-0.4, -0.2) is 22.4 Å². The van der Waals surface area contributed by atoms with E-state index in [9.17, 15) is 14.9 Å². The highest BCUT2D eigenvalue weighted by molar-refractivity contribution is 9.10. The van der Waals surface area contributed by atoms with Crippen molar-refractivity contribution in [3.8, 4) is 0 Å². The van der Waals surface area contributed by atoms with Gasteiger partial charge in [-0.25, -0.2) is 0 Å². The third-order valence-corrected chi connectivity index (χ3v) is 4.45. The Morgan fingerprint density at radius 1 is 1.12 bits per heavy atom. The zero-order chi connectivity index (χ0) is 17.8. The monoisotopic (exact) mass is 399 g/mol. The maximum Gasteiger partial charge on any atom is 0.291 e. The number of carbonyl (C=O) groups is 1. The van der Waals surface area contributed by atoms with E-state index in [1.54, 1.807) is 18.2 Å². The van der Waals surface area contributed by atoms with Crippen LogP contribution in [-0.2, 0) is 6.42 Å². The number of aromatic nitrogens is 1. The summed E-state index contributed by atoms with van der Waals surface area (Å²) < 4.78 is 0.367. The van der Waals surface area contributed by atoms with Crippen molar-refractivity contribution in [3.63, 3.8) is 0 Å². The van der Waals surface area contributed by atoms with Gasteiger partial charge in [0.25, 0.3) is 11.6 Å². The topological polar surface area (TPSA) is 85.1 Å². The van der Waals surface area contributed by atoms with Crippen LogP contribution in [0.2, 0.25) is 0 Å². The molecule has 126 valence electrons. The Balaban J connectivity index is 1.84. The van der Waals surface area contributed by atoms with Crippen LogP contribution in [0.4, 0.5) is 5.69 Å². The van der Waals surface area contributed by atoms with Gasteiger partial charge < -0.3 is 5.32 Å². The minimum Gasteiger partial charge on any atom is -0.350 e. The van der Waals surface area contributed by atoms with Crippen LogP contribution in [0, 0.1) is 10.1 Å². The Bertz CT molecular complexity index is 945. The van der Waals surface area contributed by atoms with Crippen molar-refractivity contribution >= 4 is 38.3 Å². The van der Waals surface area contributed by atoms with Crippen molar-refractivity contribution in [1.29, 1.82) is 0 Å². The highest BCUT2D eigenvalue weighted by Gasteiger charge is 2.20. The number of nitro groups is 1. The molecule has 1 aromatic heterocycles. The number of pyridine rings is 1. The molecule has 0 fully saturated rings. The van der Waals surface area contributed by atoms with Gasteiger partial charge in [-0.3, -0.25) is 19.9 Å². The lowest BCUT2D eigenvalue weighted by Crippen LogP contribution is -2.26. The number of benzene rings is 2. The fourth-order valence-corrected chi connectivity index (χ4v) is 3.12. The Labute approximate surface area is 152 Å².